The van der Waals surface area contributed by atoms with Crippen molar-refractivity contribution in [3.8, 4) is 89.8 Å². The minimum Gasteiger partial charge on any atom is -0.456 e. The number of furan rings is 1. The monoisotopic (exact) mass is 779 g/mol. The third-order valence-electron chi connectivity index (χ3n) is 11.3. The van der Waals surface area contributed by atoms with Crippen molar-refractivity contribution in [2.24, 2.45) is 0 Å². The van der Waals surface area contributed by atoms with E-state index in [1.807, 2.05) is 48.5 Å². The van der Waals surface area contributed by atoms with Gasteiger partial charge in [0.2, 0.25) is 0 Å². The third-order valence-corrected chi connectivity index (χ3v) is 11.3. The Morgan fingerprint density at radius 2 is 0.672 bits per heavy atom. The van der Waals surface area contributed by atoms with Crippen LogP contribution in [0.4, 0.5) is 0 Å². The molecule has 0 amide bonds. The first-order valence-corrected chi connectivity index (χ1v) is 20.5. The van der Waals surface area contributed by atoms with E-state index in [0.29, 0.717) is 17.5 Å². The number of hydrogen-bond donors (Lipinski definition) is 0. The number of nitrogens with zero attached hydrogens (tertiary/aromatic N) is 3. The summed E-state index contributed by atoms with van der Waals surface area (Å²) in [5, 5.41) is 1.96. The fourth-order valence-electron chi connectivity index (χ4n) is 8.33. The normalized spacial score (nSPS) is 11.3. The first-order valence-electron chi connectivity index (χ1n) is 20.5. The lowest BCUT2D eigenvalue weighted by atomic mass is 9.89. The van der Waals surface area contributed by atoms with Crippen molar-refractivity contribution in [1.29, 1.82) is 0 Å². The molecule has 0 atom stereocenters. The molecule has 11 aromatic rings. The predicted octanol–water partition coefficient (Wildman–Crippen LogP) is 15.1. The van der Waals surface area contributed by atoms with E-state index >= 15 is 0 Å². The zero-order valence-corrected chi connectivity index (χ0v) is 33.1. The lowest BCUT2D eigenvalue weighted by Crippen LogP contribution is -2.00. The Morgan fingerprint density at radius 3 is 1.31 bits per heavy atom. The van der Waals surface area contributed by atoms with Crippen LogP contribution in [-0.4, -0.2) is 15.0 Å². The summed E-state index contributed by atoms with van der Waals surface area (Å²) in [7, 11) is 0. The number of fused-ring (bicyclic) bond motifs is 3. The van der Waals surface area contributed by atoms with Crippen molar-refractivity contribution in [1.82, 2.24) is 15.0 Å². The van der Waals surface area contributed by atoms with E-state index in [2.05, 4.69) is 176 Å². The van der Waals surface area contributed by atoms with Crippen LogP contribution in [0.2, 0.25) is 0 Å². The molecule has 9 aromatic carbocycles. The Kier molecular flexibility index (Phi) is 9.14. The van der Waals surface area contributed by atoms with Gasteiger partial charge in [0.05, 0.1) is 0 Å². The maximum absolute atomic E-state index is 6.57. The van der Waals surface area contributed by atoms with Gasteiger partial charge in [0.15, 0.2) is 17.5 Å². The van der Waals surface area contributed by atoms with Crippen LogP contribution in [0.5, 0.6) is 0 Å². The van der Waals surface area contributed by atoms with Crippen LogP contribution < -0.4 is 0 Å². The van der Waals surface area contributed by atoms with Crippen molar-refractivity contribution in [3.63, 3.8) is 0 Å². The second kappa shape index (κ2) is 15.5. The molecule has 2 heterocycles. The van der Waals surface area contributed by atoms with Gasteiger partial charge in [-0.15, -0.1) is 0 Å². The molecular formula is C57H37N3O. The van der Waals surface area contributed by atoms with Gasteiger partial charge in [0, 0.05) is 27.5 Å². The maximum Gasteiger partial charge on any atom is 0.164 e. The zero-order valence-electron chi connectivity index (χ0n) is 33.1. The van der Waals surface area contributed by atoms with Crippen LogP contribution in [0, 0.1) is 0 Å². The Hall–Kier alpha value is -8.21. The molecular weight excluding hydrogens is 743 g/mol. The van der Waals surface area contributed by atoms with Crippen molar-refractivity contribution in [3.05, 3.63) is 224 Å². The van der Waals surface area contributed by atoms with Crippen molar-refractivity contribution >= 4 is 21.9 Å². The molecule has 0 fully saturated rings. The van der Waals surface area contributed by atoms with E-state index in [9.17, 15) is 0 Å². The van der Waals surface area contributed by atoms with E-state index in [4.69, 9.17) is 19.4 Å². The largest absolute Gasteiger partial charge is 0.456 e. The summed E-state index contributed by atoms with van der Waals surface area (Å²) in [6.07, 6.45) is 0. The standard InChI is InChI=1S/C57H37N3O/c1-5-16-38(17-6-1)40-28-30-43(31-29-40)56-58-55(42-22-11-4-12-23-42)59-57(60-56)50-26-15-27-53-54(50)51-37-44(32-33-52(51)61-53)46-34-45(39-18-7-2-8-19-39)35-47(36-46)49-25-14-13-24-48(49)41-20-9-3-10-21-41/h1-37H. The molecule has 61 heavy (non-hydrogen) atoms. The van der Waals surface area contributed by atoms with Gasteiger partial charge >= 0.3 is 0 Å². The SMILES string of the molecule is c1ccc(-c2ccc(-c3nc(-c4ccccc4)nc(-c4cccc5oc6ccc(-c7cc(-c8ccccc8)cc(-c8ccccc8-c8ccccc8)c7)cc6c45)n3)cc2)cc1. The van der Waals surface area contributed by atoms with E-state index in [0.717, 1.165) is 77.6 Å². The lowest BCUT2D eigenvalue weighted by Gasteiger charge is -2.15. The van der Waals surface area contributed by atoms with E-state index in [1.165, 1.54) is 16.7 Å². The topological polar surface area (TPSA) is 51.8 Å². The Bertz CT molecular complexity index is 3320. The molecule has 2 aromatic heterocycles. The molecule has 0 aliphatic heterocycles. The summed E-state index contributed by atoms with van der Waals surface area (Å²) in [5.74, 6) is 1.80. The second-order valence-electron chi connectivity index (χ2n) is 15.2. The average Bonchev–Trinajstić information content (AvgIpc) is 3.73. The number of rotatable bonds is 8. The Labute approximate surface area is 354 Å². The molecule has 0 unspecified atom stereocenters. The van der Waals surface area contributed by atoms with E-state index < -0.39 is 0 Å². The number of aromatic nitrogens is 3. The quantitative estimate of drug-likeness (QED) is 0.154. The summed E-state index contributed by atoms with van der Waals surface area (Å²) in [4.78, 5) is 15.4. The molecule has 0 spiro atoms. The molecule has 4 heteroatoms. The summed E-state index contributed by atoms with van der Waals surface area (Å²) in [6, 6.07) is 78.4. The molecule has 11 rings (SSSR count). The minimum absolute atomic E-state index is 0.584. The van der Waals surface area contributed by atoms with Gasteiger partial charge in [-0.3, -0.25) is 0 Å². The van der Waals surface area contributed by atoms with Gasteiger partial charge in [-0.05, 0) is 92.0 Å². The highest BCUT2D eigenvalue weighted by Crippen LogP contribution is 2.41. The highest BCUT2D eigenvalue weighted by molar-refractivity contribution is 6.13. The lowest BCUT2D eigenvalue weighted by molar-refractivity contribution is 0.669. The van der Waals surface area contributed by atoms with Crippen molar-refractivity contribution in [2.45, 2.75) is 0 Å². The molecule has 0 bridgehead atoms. The van der Waals surface area contributed by atoms with Crippen molar-refractivity contribution in [2.75, 3.05) is 0 Å². The highest BCUT2D eigenvalue weighted by atomic mass is 16.3. The second-order valence-corrected chi connectivity index (χ2v) is 15.2. The molecule has 0 saturated carbocycles. The predicted molar refractivity (Wildman–Crippen MR) is 251 cm³/mol. The van der Waals surface area contributed by atoms with Crippen LogP contribution >= 0.6 is 0 Å². The van der Waals surface area contributed by atoms with E-state index in [1.54, 1.807) is 0 Å². The molecule has 0 aliphatic rings. The molecule has 0 saturated heterocycles. The molecule has 4 nitrogen and oxygen atoms in total. The Morgan fingerprint density at radius 1 is 0.246 bits per heavy atom. The summed E-state index contributed by atoms with van der Waals surface area (Å²) >= 11 is 0. The first-order chi connectivity index (χ1) is 30.2. The Balaban J connectivity index is 1.07. The van der Waals surface area contributed by atoms with Gasteiger partial charge in [-0.25, -0.2) is 15.0 Å². The fraction of sp³-hybridized carbons (Fsp3) is 0. The maximum atomic E-state index is 6.57. The summed E-state index contributed by atoms with van der Waals surface area (Å²) < 4.78 is 6.57. The van der Waals surface area contributed by atoms with Crippen LogP contribution in [0.15, 0.2) is 229 Å². The van der Waals surface area contributed by atoms with Crippen LogP contribution in [0.3, 0.4) is 0 Å². The smallest absolute Gasteiger partial charge is 0.164 e. The van der Waals surface area contributed by atoms with Crippen LogP contribution in [0.1, 0.15) is 0 Å². The first kappa shape index (κ1) is 35.9. The van der Waals surface area contributed by atoms with Gasteiger partial charge in [0.25, 0.3) is 0 Å². The van der Waals surface area contributed by atoms with Crippen LogP contribution in [0.25, 0.3) is 112 Å². The van der Waals surface area contributed by atoms with Gasteiger partial charge in [0.1, 0.15) is 11.2 Å². The number of benzene rings is 9. The fourth-order valence-corrected chi connectivity index (χ4v) is 8.33. The summed E-state index contributed by atoms with van der Waals surface area (Å²) in [5.41, 5.74) is 15.8. The average molecular weight is 780 g/mol. The third kappa shape index (κ3) is 6.96. The van der Waals surface area contributed by atoms with Crippen molar-refractivity contribution < 1.29 is 4.42 Å². The molecule has 0 radical (unpaired) electrons. The minimum atomic E-state index is 0.584. The number of hydrogen-bond acceptors (Lipinski definition) is 4. The molecule has 286 valence electrons. The molecule has 0 N–H and O–H groups in total. The van der Waals surface area contributed by atoms with Crippen LogP contribution in [-0.2, 0) is 0 Å². The van der Waals surface area contributed by atoms with Gasteiger partial charge in [-0.2, -0.15) is 0 Å². The molecule has 0 aliphatic carbocycles. The van der Waals surface area contributed by atoms with Gasteiger partial charge < -0.3 is 4.42 Å². The highest BCUT2D eigenvalue weighted by Gasteiger charge is 2.19. The zero-order chi connectivity index (χ0) is 40.5. The van der Waals surface area contributed by atoms with E-state index in [-0.39, 0.29) is 0 Å². The summed E-state index contributed by atoms with van der Waals surface area (Å²) in [6.45, 7) is 0. The van der Waals surface area contributed by atoms with Gasteiger partial charge in [-0.1, -0.05) is 188 Å².